The Hall–Kier alpha value is -0.370. The SMILES string of the molecule is Cc1nc(C(F)(F)F)c(CN2CCC3CCC(C2)N3)s1.Cl. The van der Waals surface area contributed by atoms with Crippen LogP contribution in [0.3, 0.4) is 0 Å². The number of aromatic nitrogens is 1. The Kier molecular flexibility index (Phi) is 5.18. The molecule has 0 aliphatic carbocycles. The molecule has 2 aliphatic heterocycles. The first-order valence-corrected chi connectivity index (χ1v) is 7.75. The van der Waals surface area contributed by atoms with Crippen LogP contribution in [0.2, 0.25) is 0 Å². The van der Waals surface area contributed by atoms with Crippen molar-refractivity contribution >= 4 is 23.7 Å². The normalized spacial score (nSPS) is 26.5. The van der Waals surface area contributed by atoms with Crippen molar-refractivity contribution in [1.29, 1.82) is 0 Å². The third kappa shape index (κ3) is 3.88. The number of alkyl halides is 3. The van der Waals surface area contributed by atoms with Crippen molar-refractivity contribution < 1.29 is 13.2 Å². The average Bonchev–Trinajstić information content (AvgIpc) is 2.85. The number of nitrogens with one attached hydrogen (secondary N) is 1. The van der Waals surface area contributed by atoms with Gasteiger partial charge in [0.1, 0.15) is 0 Å². The molecule has 3 rings (SSSR count). The summed E-state index contributed by atoms with van der Waals surface area (Å²) >= 11 is 1.17. The zero-order valence-electron chi connectivity index (χ0n) is 11.7. The number of hydrogen-bond donors (Lipinski definition) is 1. The first-order chi connectivity index (χ1) is 9.41. The number of hydrogen-bond acceptors (Lipinski definition) is 4. The van der Waals surface area contributed by atoms with E-state index in [-0.39, 0.29) is 12.4 Å². The molecule has 2 unspecified atom stereocenters. The molecule has 120 valence electrons. The number of thiazole rings is 1. The maximum Gasteiger partial charge on any atom is 0.434 e. The summed E-state index contributed by atoms with van der Waals surface area (Å²) in [5.41, 5.74) is -0.692. The van der Waals surface area contributed by atoms with Gasteiger partial charge in [-0.3, -0.25) is 4.90 Å². The van der Waals surface area contributed by atoms with E-state index in [0.717, 1.165) is 25.9 Å². The van der Waals surface area contributed by atoms with Crippen molar-refractivity contribution in [3.63, 3.8) is 0 Å². The van der Waals surface area contributed by atoms with Crippen LogP contribution in [-0.4, -0.2) is 35.1 Å². The highest BCUT2D eigenvalue weighted by atomic mass is 35.5. The van der Waals surface area contributed by atoms with Gasteiger partial charge in [0.25, 0.3) is 0 Å². The van der Waals surface area contributed by atoms with E-state index in [9.17, 15) is 13.2 Å². The number of nitrogens with zero attached hydrogens (tertiary/aromatic N) is 2. The van der Waals surface area contributed by atoms with Crippen LogP contribution in [0.1, 0.15) is 34.8 Å². The van der Waals surface area contributed by atoms with Crippen LogP contribution < -0.4 is 5.32 Å². The topological polar surface area (TPSA) is 28.2 Å². The fourth-order valence-corrected chi connectivity index (χ4v) is 4.16. The molecule has 2 saturated heterocycles. The van der Waals surface area contributed by atoms with E-state index in [0.29, 0.717) is 28.5 Å². The Bertz CT molecular complexity index is 491. The third-order valence-corrected chi connectivity index (χ3v) is 5.00. The Morgan fingerprint density at radius 3 is 2.71 bits per heavy atom. The van der Waals surface area contributed by atoms with Crippen LogP contribution in [0.25, 0.3) is 0 Å². The maximum absolute atomic E-state index is 13.0. The lowest BCUT2D eigenvalue weighted by molar-refractivity contribution is -0.141. The molecule has 0 saturated carbocycles. The molecule has 0 radical (unpaired) electrons. The second kappa shape index (κ2) is 6.40. The quantitative estimate of drug-likeness (QED) is 0.895. The lowest BCUT2D eigenvalue weighted by Gasteiger charge is -2.23. The molecule has 2 bridgehead atoms. The molecular weight excluding hydrogens is 323 g/mol. The van der Waals surface area contributed by atoms with Gasteiger partial charge in [0.05, 0.1) is 9.88 Å². The first kappa shape index (κ1) is 17.0. The van der Waals surface area contributed by atoms with E-state index in [1.165, 1.54) is 17.8 Å². The highest BCUT2D eigenvalue weighted by Gasteiger charge is 2.38. The molecular formula is C13H19ClF3N3S. The van der Waals surface area contributed by atoms with Crippen molar-refractivity contribution in [2.75, 3.05) is 13.1 Å². The van der Waals surface area contributed by atoms with E-state index in [2.05, 4.69) is 15.2 Å². The Balaban J connectivity index is 0.00000161. The van der Waals surface area contributed by atoms with Gasteiger partial charge in [0.15, 0.2) is 5.69 Å². The average molecular weight is 342 g/mol. The summed E-state index contributed by atoms with van der Waals surface area (Å²) in [6, 6.07) is 0.987. The summed E-state index contributed by atoms with van der Waals surface area (Å²) in [7, 11) is 0. The summed E-state index contributed by atoms with van der Waals surface area (Å²) in [5.74, 6) is 0. The Morgan fingerprint density at radius 2 is 2.00 bits per heavy atom. The van der Waals surface area contributed by atoms with Gasteiger partial charge in [0.2, 0.25) is 0 Å². The van der Waals surface area contributed by atoms with E-state index in [4.69, 9.17) is 0 Å². The van der Waals surface area contributed by atoms with Crippen LogP contribution >= 0.6 is 23.7 Å². The Labute approximate surface area is 132 Å². The zero-order valence-corrected chi connectivity index (χ0v) is 13.4. The van der Waals surface area contributed by atoms with Crippen molar-refractivity contribution in [2.45, 2.75) is 51.0 Å². The summed E-state index contributed by atoms with van der Waals surface area (Å²) in [6.45, 7) is 3.70. The summed E-state index contributed by atoms with van der Waals surface area (Å²) in [6.07, 6.45) is -0.986. The smallest absolute Gasteiger partial charge is 0.310 e. The molecule has 0 spiro atoms. The molecule has 21 heavy (non-hydrogen) atoms. The standard InChI is InChI=1S/C13H18F3N3S.ClH/c1-8-17-12(13(14,15)16)11(20-8)7-19-5-4-9-2-3-10(6-19)18-9;/h9-10,18H,2-7H2,1H3;1H. The van der Waals surface area contributed by atoms with E-state index in [1.807, 2.05) is 0 Å². The van der Waals surface area contributed by atoms with E-state index in [1.54, 1.807) is 6.92 Å². The number of likely N-dealkylation sites (tertiary alicyclic amines) is 1. The van der Waals surface area contributed by atoms with Crippen molar-refractivity contribution in [1.82, 2.24) is 15.2 Å². The molecule has 1 aromatic rings. The monoisotopic (exact) mass is 341 g/mol. The minimum Gasteiger partial charge on any atom is -0.310 e. The second-order valence-corrected chi connectivity index (χ2v) is 6.95. The van der Waals surface area contributed by atoms with Gasteiger partial charge in [0, 0.05) is 31.7 Å². The second-order valence-electron chi connectivity index (χ2n) is 5.66. The molecule has 2 fully saturated rings. The first-order valence-electron chi connectivity index (χ1n) is 6.93. The number of fused-ring (bicyclic) bond motifs is 2. The van der Waals surface area contributed by atoms with Crippen molar-refractivity contribution in [2.24, 2.45) is 0 Å². The van der Waals surface area contributed by atoms with Crippen LogP contribution in [0.4, 0.5) is 13.2 Å². The van der Waals surface area contributed by atoms with Crippen LogP contribution in [0.15, 0.2) is 0 Å². The van der Waals surface area contributed by atoms with Gasteiger partial charge in [-0.2, -0.15) is 13.2 Å². The van der Waals surface area contributed by atoms with Crippen molar-refractivity contribution in [3.8, 4) is 0 Å². The molecule has 8 heteroatoms. The minimum atomic E-state index is -4.34. The number of aryl methyl sites for hydroxylation is 1. The number of halogens is 4. The summed E-state index contributed by atoms with van der Waals surface area (Å²) in [4.78, 5) is 6.16. The lowest BCUT2D eigenvalue weighted by atomic mass is 10.1. The molecule has 3 heterocycles. The third-order valence-electron chi connectivity index (χ3n) is 4.05. The minimum absolute atomic E-state index is 0. The molecule has 1 aromatic heterocycles. The zero-order chi connectivity index (χ0) is 14.3. The van der Waals surface area contributed by atoms with Crippen LogP contribution in [-0.2, 0) is 12.7 Å². The predicted molar refractivity (Wildman–Crippen MR) is 78.9 cm³/mol. The van der Waals surface area contributed by atoms with Gasteiger partial charge in [-0.25, -0.2) is 4.98 Å². The molecule has 2 aliphatic rings. The van der Waals surface area contributed by atoms with Gasteiger partial charge < -0.3 is 5.32 Å². The lowest BCUT2D eigenvalue weighted by Crippen LogP contribution is -2.35. The highest BCUT2D eigenvalue weighted by Crippen LogP contribution is 2.35. The van der Waals surface area contributed by atoms with Crippen LogP contribution in [0, 0.1) is 6.92 Å². The molecule has 0 aromatic carbocycles. The molecule has 0 amide bonds. The number of rotatable bonds is 2. The predicted octanol–water partition coefficient (Wildman–Crippen LogP) is 3.22. The van der Waals surface area contributed by atoms with Gasteiger partial charge in [-0.05, 0) is 26.2 Å². The fourth-order valence-electron chi connectivity index (χ4n) is 3.16. The highest BCUT2D eigenvalue weighted by molar-refractivity contribution is 7.11. The van der Waals surface area contributed by atoms with Gasteiger partial charge in [-0.15, -0.1) is 23.7 Å². The molecule has 1 N–H and O–H groups in total. The Morgan fingerprint density at radius 1 is 1.29 bits per heavy atom. The van der Waals surface area contributed by atoms with Gasteiger partial charge in [-0.1, -0.05) is 0 Å². The summed E-state index contributed by atoms with van der Waals surface area (Å²) in [5, 5.41) is 4.03. The molecule has 2 atom stereocenters. The van der Waals surface area contributed by atoms with E-state index < -0.39 is 11.9 Å². The molecule has 3 nitrogen and oxygen atoms in total. The fraction of sp³-hybridized carbons (Fsp3) is 0.769. The van der Waals surface area contributed by atoms with E-state index >= 15 is 0 Å². The largest absolute Gasteiger partial charge is 0.434 e. The summed E-state index contributed by atoms with van der Waals surface area (Å²) < 4.78 is 38.9. The maximum atomic E-state index is 13.0. The van der Waals surface area contributed by atoms with Gasteiger partial charge >= 0.3 is 6.18 Å². The van der Waals surface area contributed by atoms with Crippen molar-refractivity contribution in [3.05, 3.63) is 15.6 Å². The van der Waals surface area contributed by atoms with Crippen LogP contribution in [0.5, 0.6) is 0 Å².